The molecule has 0 aromatic heterocycles. The van der Waals surface area contributed by atoms with Gasteiger partial charge in [0.15, 0.2) is 0 Å². The van der Waals surface area contributed by atoms with Crippen LogP contribution in [0.3, 0.4) is 0 Å². The Labute approximate surface area is 104 Å². The summed E-state index contributed by atoms with van der Waals surface area (Å²) in [7, 11) is 0. The first-order valence-electron chi connectivity index (χ1n) is 5.22. The normalized spacial score (nSPS) is 20.3. The Morgan fingerprint density at radius 2 is 2.35 bits per heavy atom. The number of hydrogen-bond donors (Lipinski definition) is 2. The van der Waals surface area contributed by atoms with Gasteiger partial charge < -0.3 is 20.5 Å². The summed E-state index contributed by atoms with van der Waals surface area (Å²) >= 11 is 6.06. The number of benzene rings is 1. The van der Waals surface area contributed by atoms with Crippen LogP contribution in [-0.4, -0.2) is 35.8 Å². The third kappa shape index (κ3) is 2.62. The summed E-state index contributed by atoms with van der Waals surface area (Å²) in [6.07, 6.45) is -1.27. The highest BCUT2D eigenvalue weighted by Gasteiger charge is 2.26. The molecule has 1 aromatic rings. The van der Waals surface area contributed by atoms with Crippen molar-refractivity contribution in [2.24, 2.45) is 0 Å². The summed E-state index contributed by atoms with van der Waals surface area (Å²) in [4.78, 5) is 12.2. The Morgan fingerprint density at radius 3 is 3.00 bits per heavy atom. The van der Waals surface area contributed by atoms with Gasteiger partial charge in [0.05, 0.1) is 13.2 Å². The fourth-order valence-corrected chi connectivity index (χ4v) is 2.13. The average molecular weight is 257 g/mol. The number of halogens is 1. The number of carboxylic acid groups (broad SMARTS) is 1. The quantitative estimate of drug-likeness (QED) is 0.754. The number of nitrogens with two attached hydrogens (primary N) is 1. The number of nitrogens with zero attached hydrogens (tertiary/aromatic N) is 1. The maximum atomic E-state index is 10.9. The Balaban J connectivity index is 2.19. The van der Waals surface area contributed by atoms with Crippen LogP contribution in [0.5, 0.6) is 0 Å². The molecule has 3 N–H and O–H groups in total. The molecular formula is C11H13ClN2O3. The molecule has 0 bridgehead atoms. The highest BCUT2D eigenvalue weighted by atomic mass is 35.5. The fraction of sp³-hybridized carbons (Fsp3) is 0.364. The SMILES string of the molecule is Nc1ccc([C@H]2CN(C(=O)O)CCO2)c(Cl)c1. The molecule has 1 aromatic carbocycles. The number of rotatable bonds is 1. The van der Waals surface area contributed by atoms with Gasteiger partial charge in [0.1, 0.15) is 6.10 Å². The van der Waals surface area contributed by atoms with Gasteiger partial charge in [0.2, 0.25) is 0 Å². The summed E-state index contributed by atoms with van der Waals surface area (Å²) in [5, 5.41) is 9.44. The van der Waals surface area contributed by atoms with Crippen molar-refractivity contribution in [3.63, 3.8) is 0 Å². The van der Waals surface area contributed by atoms with Crippen LogP contribution in [0, 0.1) is 0 Å². The summed E-state index contributed by atoms with van der Waals surface area (Å²) in [5.41, 5.74) is 6.95. The van der Waals surface area contributed by atoms with E-state index in [0.29, 0.717) is 30.4 Å². The third-order valence-electron chi connectivity index (χ3n) is 2.71. The van der Waals surface area contributed by atoms with Crippen molar-refractivity contribution in [2.75, 3.05) is 25.4 Å². The molecule has 0 radical (unpaired) electrons. The standard InChI is InChI=1S/C11H13ClN2O3/c12-9-5-7(13)1-2-8(9)10-6-14(11(15)16)3-4-17-10/h1-2,5,10H,3-4,6,13H2,(H,15,16)/t10-/m1/s1. The van der Waals surface area contributed by atoms with Crippen molar-refractivity contribution >= 4 is 23.4 Å². The summed E-state index contributed by atoms with van der Waals surface area (Å²) in [5.74, 6) is 0. The number of hydrogen-bond acceptors (Lipinski definition) is 3. The Hall–Kier alpha value is -1.46. The van der Waals surface area contributed by atoms with Crippen LogP contribution in [0.4, 0.5) is 10.5 Å². The number of amides is 1. The van der Waals surface area contributed by atoms with Gasteiger partial charge in [-0.3, -0.25) is 0 Å². The molecule has 92 valence electrons. The number of nitrogen functional groups attached to an aromatic ring is 1. The largest absolute Gasteiger partial charge is 0.465 e. The minimum Gasteiger partial charge on any atom is -0.465 e. The monoisotopic (exact) mass is 256 g/mol. The van der Waals surface area contributed by atoms with Gasteiger partial charge in [-0.05, 0) is 12.1 Å². The predicted octanol–water partition coefficient (Wildman–Crippen LogP) is 1.97. The van der Waals surface area contributed by atoms with Gasteiger partial charge in [0, 0.05) is 22.8 Å². The van der Waals surface area contributed by atoms with Crippen molar-refractivity contribution in [3.05, 3.63) is 28.8 Å². The molecule has 5 nitrogen and oxygen atoms in total. The highest BCUT2D eigenvalue weighted by molar-refractivity contribution is 6.31. The number of anilines is 1. The van der Waals surface area contributed by atoms with Crippen LogP contribution in [0.25, 0.3) is 0 Å². The van der Waals surface area contributed by atoms with Gasteiger partial charge >= 0.3 is 6.09 Å². The van der Waals surface area contributed by atoms with Crippen LogP contribution in [0.1, 0.15) is 11.7 Å². The molecular weight excluding hydrogens is 244 g/mol. The maximum absolute atomic E-state index is 10.9. The first kappa shape index (κ1) is 12.0. The van der Waals surface area contributed by atoms with E-state index in [4.69, 9.17) is 27.2 Å². The van der Waals surface area contributed by atoms with Crippen LogP contribution in [0.15, 0.2) is 18.2 Å². The van der Waals surface area contributed by atoms with E-state index in [1.54, 1.807) is 18.2 Å². The minimum atomic E-state index is -0.940. The molecule has 6 heteroatoms. The van der Waals surface area contributed by atoms with Crippen molar-refractivity contribution < 1.29 is 14.6 Å². The minimum absolute atomic E-state index is 0.291. The second-order valence-corrected chi connectivity index (χ2v) is 4.28. The lowest BCUT2D eigenvalue weighted by atomic mass is 10.1. The fourth-order valence-electron chi connectivity index (χ4n) is 1.82. The van der Waals surface area contributed by atoms with Crippen LogP contribution in [0.2, 0.25) is 5.02 Å². The molecule has 0 aliphatic carbocycles. The Bertz CT molecular complexity index is 439. The molecule has 2 rings (SSSR count). The van der Waals surface area contributed by atoms with Gasteiger partial charge in [-0.1, -0.05) is 17.7 Å². The molecule has 0 spiro atoms. The van der Waals surface area contributed by atoms with E-state index in [9.17, 15) is 4.79 Å². The summed E-state index contributed by atoms with van der Waals surface area (Å²) < 4.78 is 5.53. The van der Waals surface area contributed by atoms with Gasteiger partial charge in [-0.25, -0.2) is 4.79 Å². The van der Waals surface area contributed by atoms with Crippen molar-refractivity contribution in [1.29, 1.82) is 0 Å². The van der Waals surface area contributed by atoms with Crippen molar-refractivity contribution in [3.8, 4) is 0 Å². The zero-order valence-electron chi connectivity index (χ0n) is 9.10. The Kier molecular flexibility index (Phi) is 3.40. The molecule has 1 heterocycles. The molecule has 1 saturated heterocycles. The van der Waals surface area contributed by atoms with Crippen molar-refractivity contribution in [1.82, 2.24) is 4.90 Å². The average Bonchev–Trinajstić information content (AvgIpc) is 2.29. The van der Waals surface area contributed by atoms with Crippen LogP contribution < -0.4 is 5.73 Å². The van der Waals surface area contributed by atoms with E-state index < -0.39 is 6.09 Å². The van der Waals surface area contributed by atoms with Crippen LogP contribution >= 0.6 is 11.6 Å². The van der Waals surface area contributed by atoms with E-state index in [-0.39, 0.29) is 6.10 Å². The van der Waals surface area contributed by atoms with Crippen LogP contribution in [-0.2, 0) is 4.74 Å². The molecule has 1 amide bonds. The highest BCUT2D eigenvalue weighted by Crippen LogP contribution is 2.29. The third-order valence-corrected chi connectivity index (χ3v) is 3.04. The van der Waals surface area contributed by atoms with Gasteiger partial charge in [0.25, 0.3) is 0 Å². The molecule has 0 saturated carbocycles. The lowest BCUT2D eigenvalue weighted by Gasteiger charge is -2.31. The molecule has 1 fully saturated rings. The lowest BCUT2D eigenvalue weighted by Crippen LogP contribution is -2.41. The number of morpholine rings is 1. The summed E-state index contributed by atoms with van der Waals surface area (Å²) in [6.45, 7) is 1.05. The smallest absolute Gasteiger partial charge is 0.407 e. The van der Waals surface area contributed by atoms with E-state index in [1.807, 2.05) is 0 Å². The first-order valence-corrected chi connectivity index (χ1v) is 5.60. The predicted molar refractivity (Wildman–Crippen MR) is 64.2 cm³/mol. The molecule has 1 aliphatic rings. The lowest BCUT2D eigenvalue weighted by molar-refractivity contribution is -0.0231. The Morgan fingerprint density at radius 1 is 1.59 bits per heavy atom. The number of ether oxygens (including phenoxy) is 1. The van der Waals surface area contributed by atoms with E-state index in [1.165, 1.54) is 4.90 Å². The molecule has 0 unspecified atom stereocenters. The van der Waals surface area contributed by atoms with E-state index in [2.05, 4.69) is 0 Å². The van der Waals surface area contributed by atoms with Crippen molar-refractivity contribution in [2.45, 2.75) is 6.10 Å². The van der Waals surface area contributed by atoms with Gasteiger partial charge in [-0.15, -0.1) is 0 Å². The molecule has 17 heavy (non-hydrogen) atoms. The zero-order valence-corrected chi connectivity index (χ0v) is 9.85. The van der Waals surface area contributed by atoms with Gasteiger partial charge in [-0.2, -0.15) is 0 Å². The second kappa shape index (κ2) is 4.81. The maximum Gasteiger partial charge on any atom is 0.407 e. The second-order valence-electron chi connectivity index (χ2n) is 3.87. The topological polar surface area (TPSA) is 75.8 Å². The molecule has 1 atom stereocenters. The summed E-state index contributed by atoms with van der Waals surface area (Å²) in [6, 6.07) is 5.14. The van der Waals surface area contributed by atoms with E-state index in [0.717, 1.165) is 5.56 Å². The van der Waals surface area contributed by atoms with E-state index >= 15 is 0 Å². The zero-order chi connectivity index (χ0) is 12.4. The first-order chi connectivity index (χ1) is 8.08. The molecule has 1 aliphatic heterocycles. The number of carbonyl (C=O) groups is 1.